The van der Waals surface area contributed by atoms with E-state index in [1.807, 2.05) is 12.1 Å². The maximum Gasteiger partial charge on any atom is 0.136 e. The van der Waals surface area contributed by atoms with E-state index < -0.39 is 0 Å². The van der Waals surface area contributed by atoms with Gasteiger partial charge in [-0.1, -0.05) is 146 Å². The molecule has 0 saturated carbocycles. The molecular formula is C64H42N2O. The lowest BCUT2D eigenvalue weighted by atomic mass is 9.91. The number of anilines is 3. The Bertz CT molecular complexity index is 3990. The lowest BCUT2D eigenvalue weighted by Crippen LogP contribution is -2.09. The van der Waals surface area contributed by atoms with Crippen molar-refractivity contribution in [2.45, 2.75) is 0 Å². The molecule has 0 atom stereocenters. The molecule has 0 unspecified atom stereocenters. The van der Waals surface area contributed by atoms with Gasteiger partial charge in [0.15, 0.2) is 0 Å². The standard InChI is InChI=1S/C64H42N2O/c1-3-20-53(21-4-1)65(56-32-29-43-15-7-8-16-46(43)39-56)55-24-14-19-47(40-55)44-17-13-18-45(35-44)50-36-51(38-52(37-50)49-30-33-59-58-26-10-12-28-63(58)67-64(59)42-49)48-31-34-62-60(41-48)57-25-9-11-27-61(57)66(62)54-22-5-2-6-23-54/h1-42H. The summed E-state index contributed by atoms with van der Waals surface area (Å²) in [5, 5.41) is 7.15. The van der Waals surface area contributed by atoms with Crippen LogP contribution in [0.1, 0.15) is 0 Å². The minimum atomic E-state index is 0.885. The molecule has 0 fully saturated rings. The molecule has 0 radical (unpaired) electrons. The van der Waals surface area contributed by atoms with Crippen molar-refractivity contribution in [1.29, 1.82) is 0 Å². The Morgan fingerprint density at radius 3 is 1.61 bits per heavy atom. The van der Waals surface area contributed by atoms with Crippen LogP contribution in [0.4, 0.5) is 17.1 Å². The van der Waals surface area contributed by atoms with Crippen LogP contribution in [0.25, 0.3) is 105 Å². The molecule has 0 aliphatic heterocycles. The molecule has 13 rings (SSSR count). The first-order valence-corrected chi connectivity index (χ1v) is 22.9. The van der Waals surface area contributed by atoms with Crippen LogP contribution in [-0.2, 0) is 0 Å². The van der Waals surface area contributed by atoms with Crippen molar-refractivity contribution in [2.75, 3.05) is 4.90 Å². The second-order valence-corrected chi connectivity index (χ2v) is 17.4. The van der Waals surface area contributed by atoms with Crippen molar-refractivity contribution in [3.05, 3.63) is 255 Å². The predicted molar refractivity (Wildman–Crippen MR) is 282 cm³/mol. The number of furan rings is 1. The summed E-state index contributed by atoms with van der Waals surface area (Å²) >= 11 is 0. The van der Waals surface area contributed by atoms with E-state index in [0.29, 0.717) is 0 Å². The van der Waals surface area contributed by atoms with Crippen LogP contribution < -0.4 is 4.90 Å². The molecule has 0 amide bonds. The fourth-order valence-corrected chi connectivity index (χ4v) is 10.1. The molecule has 0 N–H and O–H groups in total. The van der Waals surface area contributed by atoms with E-state index in [4.69, 9.17) is 4.42 Å². The fraction of sp³-hybridized carbons (Fsp3) is 0. The molecule has 0 spiro atoms. The molecular weight excluding hydrogens is 813 g/mol. The van der Waals surface area contributed by atoms with Gasteiger partial charge >= 0.3 is 0 Å². The molecule has 2 aromatic heterocycles. The van der Waals surface area contributed by atoms with Gasteiger partial charge in [0.1, 0.15) is 11.2 Å². The Hall–Kier alpha value is -8.92. The second kappa shape index (κ2) is 16.0. The lowest BCUT2D eigenvalue weighted by Gasteiger charge is -2.26. The van der Waals surface area contributed by atoms with Crippen LogP contribution in [0, 0.1) is 0 Å². The van der Waals surface area contributed by atoms with Crippen molar-refractivity contribution in [3.63, 3.8) is 0 Å². The molecule has 13 aromatic rings. The molecule has 0 aliphatic rings. The molecule has 3 nitrogen and oxygen atoms in total. The summed E-state index contributed by atoms with van der Waals surface area (Å²) in [6, 6.07) is 92.1. The van der Waals surface area contributed by atoms with Crippen LogP contribution in [0.2, 0.25) is 0 Å². The number of benzene rings is 11. The number of para-hydroxylation sites is 4. The lowest BCUT2D eigenvalue weighted by molar-refractivity contribution is 0.669. The van der Waals surface area contributed by atoms with E-state index in [0.717, 1.165) is 89.2 Å². The molecule has 11 aromatic carbocycles. The van der Waals surface area contributed by atoms with Gasteiger partial charge in [0.05, 0.1) is 11.0 Å². The Labute approximate surface area is 388 Å². The third-order valence-electron chi connectivity index (χ3n) is 13.3. The van der Waals surface area contributed by atoms with Gasteiger partial charge in [-0.2, -0.15) is 0 Å². The highest BCUT2D eigenvalue weighted by Crippen LogP contribution is 2.42. The van der Waals surface area contributed by atoms with Crippen molar-refractivity contribution < 1.29 is 4.42 Å². The molecule has 2 heterocycles. The number of hydrogen-bond acceptors (Lipinski definition) is 2. The van der Waals surface area contributed by atoms with Gasteiger partial charge in [-0.25, -0.2) is 0 Å². The summed E-state index contributed by atoms with van der Waals surface area (Å²) in [4.78, 5) is 2.35. The highest BCUT2D eigenvalue weighted by atomic mass is 16.3. The summed E-state index contributed by atoms with van der Waals surface area (Å²) in [5.74, 6) is 0. The predicted octanol–water partition coefficient (Wildman–Crippen LogP) is 18.0. The topological polar surface area (TPSA) is 21.3 Å². The van der Waals surface area contributed by atoms with Crippen LogP contribution in [0.15, 0.2) is 259 Å². The summed E-state index contributed by atoms with van der Waals surface area (Å²) in [5.41, 5.74) is 17.8. The average Bonchev–Trinajstić information content (AvgIpc) is 3.94. The van der Waals surface area contributed by atoms with Crippen LogP contribution in [-0.4, -0.2) is 4.57 Å². The first-order chi connectivity index (χ1) is 33.2. The van der Waals surface area contributed by atoms with Gasteiger partial charge in [-0.05, 0) is 164 Å². The smallest absolute Gasteiger partial charge is 0.136 e. The van der Waals surface area contributed by atoms with Gasteiger partial charge < -0.3 is 13.9 Å². The van der Waals surface area contributed by atoms with Gasteiger partial charge in [0.2, 0.25) is 0 Å². The largest absolute Gasteiger partial charge is 0.456 e. The Morgan fingerprint density at radius 1 is 0.269 bits per heavy atom. The summed E-state index contributed by atoms with van der Waals surface area (Å²) in [6.45, 7) is 0. The molecule has 0 saturated heterocycles. The van der Waals surface area contributed by atoms with Crippen LogP contribution in [0.5, 0.6) is 0 Å². The molecule has 0 aliphatic carbocycles. The monoisotopic (exact) mass is 854 g/mol. The zero-order chi connectivity index (χ0) is 44.3. The zero-order valence-electron chi connectivity index (χ0n) is 36.6. The number of aromatic nitrogens is 1. The summed E-state index contributed by atoms with van der Waals surface area (Å²) in [6.07, 6.45) is 0. The number of nitrogens with zero attached hydrogens (tertiary/aromatic N) is 2. The molecule has 314 valence electrons. The maximum atomic E-state index is 6.43. The van der Waals surface area contributed by atoms with Crippen molar-refractivity contribution in [3.8, 4) is 50.2 Å². The van der Waals surface area contributed by atoms with E-state index >= 15 is 0 Å². The van der Waals surface area contributed by atoms with Crippen molar-refractivity contribution in [2.24, 2.45) is 0 Å². The minimum absolute atomic E-state index is 0.885. The normalized spacial score (nSPS) is 11.6. The number of fused-ring (bicyclic) bond motifs is 7. The Kier molecular flexibility index (Phi) is 9.17. The highest BCUT2D eigenvalue weighted by Gasteiger charge is 2.17. The highest BCUT2D eigenvalue weighted by molar-refractivity contribution is 6.11. The van der Waals surface area contributed by atoms with Crippen LogP contribution in [0.3, 0.4) is 0 Å². The zero-order valence-corrected chi connectivity index (χ0v) is 36.6. The Balaban J connectivity index is 0.950. The number of rotatable bonds is 8. The molecule has 67 heavy (non-hydrogen) atoms. The SMILES string of the molecule is c1ccc(N(c2cccc(-c3cccc(-c4cc(-c5ccc6c(c5)oc5ccccc56)cc(-c5ccc6c(c5)c5ccccc5n6-c5ccccc5)c4)c3)c2)c2ccc3ccccc3c2)cc1. The fourth-order valence-electron chi connectivity index (χ4n) is 10.1. The number of hydrogen-bond donors (Lipinski definition) is 0. The van der Waals surface area contributed by atoms with Crippen LogP contribution >= 0.6 is 0 Å². The van der Waals surface area contributed by atoms with E-state index in [1.54, 1.807) is 0 Å². The van der Waals surface area contributed by atoms with Crippen molar-refractivity contribution >= 4 is 71.6 Å². The molecule has 0 bridgehead atoms. The van der Waals surface area contributed by atoms with E-state index in [2.05, 4.69) is 252 Å². The van der Waals surface area contributed by atoms with E-state index in [1.165, 1.54) is 32.6 Å². The van der Waals surface area contributed by atoms with Gasteiger partial charge in [-0.3, -0.25) is 0 Å². The quantitative estimate of drug-likeness (QED) is 0.152. The van der Waals surface area contributed by atoms with E-state index in [9.17, 15) is 0 Å². The first kappa shape index (κ1) is 38.5. The first-order valence-electron chi connectivity index (χ1n) is 22.9. The van der Waals surface area contributed by atoms with Gasteiger partial charge in [-0.15, -0.1) is 0 Å². The summed E-state index contributed by atoms with van der Waals surface area (Å²) < 4.78 is 8.81. The van der Waals surface area contributed by atoms with Crippen molar-refractivity contribution in [1.82, 2.24) is 4.57 Å². The second-order valence-electron chi connectivity index (χ2n) is 17.4. The van der Waals surface area contributed by atoms with Gasteiger partial charge in [0.25, 0.3) is 0 Å². The molecule has 3 heteroatoms. The minimum Gasteiger partial charge on any atom is -0.456 e. The Morgan fingerprint density at radius 2 is 0.806 bits per heavy atom. The third-order valence-corrected chi connectivity index (χ3v) is 13.3. The third kappa shape index (κ3) is 6.84. The van der Waals surface area contributed by atoms with Gasteiger partial charge in [0, 0.05) is 44.3 Å². The summed E-state index contributed by atoms with van der Waals surface area (Å²) in [7, 11) is 0. The van der Waals surface area contributed by atoms with E-state index in [-0.39, 0.29) is 0 Å². The maximum absolute atomic E-state index is 6.43. The average molecular weight is 855 g/mol.